The van der Waals surface area contributed by atoms with Crippen LogP contribution in [0.15, 0.2) is 29.2 Å². The van der Waals surface area contributed by atoms with Crippen LogP contribution in [0, 0.1) is 0 Å². The average Bonchev–Trinajstić information content (AvgIpc) is 2.30. The number of piperidine rings is 1. The van der Waals surface area contributed by atoms with Gasteiger partial charge in [0.25, 0.3) is 0 Å². The van der Waals surface area contributed by atoms with Gasteiger partial charge in [0.1, 0.15) is 10.6 Å². The highest BCUT2D eigenvalue weighted by Crippen LogP contribution is 2.27. The molecule has 1 unspecified atom stereocenters. The quantitative estimate of drug-likeness (QED) is 0.808. The summed E-state index contributed by atoms with van der Waals surface area (Å²) < 4.78 is 24.4. The van der Waals surface area contributed by atoms with Crippen molar-refractivity contribution in [1.82, 2.24) is 5.32 Å². The third kappa shape index (κ3) is 2.05. The van der Waals surface area contributed by atoms with Crippen molar-refractivity contribution in [2.75, 3.05) is 13.1 Å². The summed E-state index contributed by atoms with van der Waals surface area (Å²) in [7, 11) is -3.41. The Hall–Kier alpha value is -1.07. The topological polar surface area (TPSA) is 66.4 Å². The lowest BCUT2D eigenvalue weighted by Gasteiger charge is -2.23. The maximum atomic E-state index is 12.2. The lowest BCUT2D eigenvalue weighted by Crippen LogP contribution is -2.38. The molecule has 1 aliphatic heterocycles. The molecule has 2 N–H and O–H groups in total. The molecule has 0 aromatic heterocycles. The molecule has 1 aromatic rings. The van der Waals surface area contributed by atoms with Crippen LogP contribution in [0.5, 0.6) is 5.75 Å². The van der Waals surface area contributed by atoms with Crippen LogP contribution < -0.4 is 5.32 Å². The first-order chi connectivity index (χ1) is 7.62. The van der Waals surface area contributed by atoms with Crippen LogP contribution in [-0.4, -0.2) is 31.9 Å². The van der Waals surface area contributed by atoms with Crippen molar-refractivity contribution in [3.05, 3.63) is 24.3 Å². The molecule has 1 atom stereocenters. The van der Waals surface area contributed by atoms with Gasteiger partial charge in [-0.2, -0.15) is 0 Å². The summed E-state index contributed by atoms with van der Waals surface area (Å²) in [5.74, 6) is -0.159. The van der Waals surface area contributed by atoms with E-state index >= 15 is 0 Å². The van der Waals surface area contributed by atoms with E-state index in [0.29, 0.717) is 13.0 Å². The first kappa shape index (κ1) is 11.4. The van der Waals surface area contributed by atoms with Gasteiger partial charge in [-0.25, -0.2) is 8.42 Å². The van der Waals surface area contributed by atoms with Gasteiger partial charge in [0.2, 0.25) is 0 Å². The number of sulfone groups is 1. The fourth-order valence-corrected chi connectivity index (χ4v) is 3.76. The SMILES string of the molecule is O=S(=O)(c1ccccc1O)C1CCCNC1. The predicted molar refractivity (Wildman–Crippen MR) is 61.2 cm³/mol. The maximum Gasteiger partial charge on any atom is 0.186 e. The molecule has 1 aliphatic rings. The van der Waals surface area contributed by atoms with E-state index in [-0.39, 0.29) is 10.6 Å². The molecular weight excluding hydrogens is 226 g/mol. The van der Waals surface area contributed by atoms with Gasteiger partial charge in [-0.15, -0.1) is 0 Å². The van der Waals surface area contributed by atoms with E-state index in [4.69, 9.17) is 0 Å². The maximum absolute atomic E-state index is 12.2. The molecule has 0 bridgehead atoms. The van der Waals surface area contributed by atoms with Crippen LogP contribution in [0.1, 0.15) is 12.8 Å². The van der Waals surface area contributed by atoms with Crippen molar-refractivity contribution < 1.29 is 13.5 Å². The smallest absolute Gasteiger partial charge is 0.186 e. The predicted octanol–water partition coefficient (Wildman–Crippen LogP) is 0.918. The molecule has 1 aromatic carbocycles. The molecule has 0 aliphatic carbocycles. The van der Waals surface area contributed by atoms with Gasteiger partial charge in [-0.1, -0.05) is 12.1 Å². The Labute approximate surface area is 95.2 Å². The second-order valence-electron chi connectivity index (χ2n) is 3.98. The number of hydrogen-bond acceptors (Lipinski definition) is 4. The summed E-state index contributed by atoms with van der Waals surface area (Å²) in [6, 6.07) is 6.11. The van der Waals surface area contributed by atoms with Crippen LogP contribution in [-0.2, 0) is 9.84 Å². The van der Waals surface area contributed by atoms with Crippen LogP contribution in [0.2, 0.25) is 0 Å². The number of nitrogens with one attached hydrogen (secondary N) is 1. The van der Waals surface area contributed by atoms with E-state index in [1.54, 1.807) is 12.1 Å². The number of phenolic OH excluding ortho intramolecular Hbond substituents is 1. The summed E-state index contributed by atoms with van der Waals surface area (Å²) >= 11 is 0. The van der Waals surface area contributed by atoms with Crippen molar-refractivity contribution in [2.24, 2.45) is 0 Å². The Balaban J connectivity index is 2.35. The third-order valence-corrected chi connectivity index (χ3v) is 5.10. The van der Waals surface area contributed by atoms with Crippen molar-refractivity contribution in [1.29, 1.82) is 0 Å². The largest absolute Gasteiger partial charge is 0.507 e. The number of aromatic hydroxyl groups is 1. The van der Waals surface area contributed by atoms with E-state index in [2.05, 4.69) is 5.32 Å². The molecule has 5 heteroatoms. The molecule has 1 saturated heterocycles. The Morgan fingerprint density at radius 2 is 2.06 bits per heavy atom. The zero-order chi connectivity index (χ0) is 11.6. The molecule has 16 heavy (non-hydrogen) atoms. The van der Waals surface area contributed by atoms with Gasteiger partial charge in [0, 0.05) is 6.54 Å². The summed E-state index contributed by atoms with van der Waals surface area (Å²) in [5.41, 5.74) is 0. The van der Waals surface area contributed by atoms with Crippen LogP contribution in [0.3, 0.4) is 0 Å². The first-order valence-electron chi connectivity index (χ1n) is 5.35. The molecule has 0 radical (unpaired) electrons. The van der Waals surface area contributed by atoms with Crippen molar-refractivity contribution in [2.45, 2.75) is 23.0 Å². The summed E-state index contributed by atoms with van der Waals surface area (Å²) in [6.45, 7) is 1.34. The van der Waals surface area contributed by atoms with Crippen LogP contribution in [0.4, 0.5) is 0 Å². The highest BCUT2D eigenvalue weighted by atomic mass is 32.2. The standard InChI is InChI=1S/C11H15NO3S/c13-10-5-1-2-6-11(10)16(14,15)9-4-3-7-12-8-9/h1-2,5-6,9,12-13H,3-4,7-8H2. The molecule has 0 saturated carbocycles. The average molecular weight is 241 g/mol. The van der Waals surface area contributed by atoms with Gasteiger partial charge < -0.3 is 10.4 Å². The number of para-hydroxylation sites is 1. The summed E-state index contributed by atoms with van der Waals surface area (Å²) in [4.78, 5) is 0.0451. The van der Waals surface area contributed by atoms with Gasteiger partial charge in [0.05, 0.1) is 5.25 Å². The molecule has 0 spiro atoms. The minimum Gasteiger partial charge on any atom is -0.507 e. The number of rotatable bonds is 2. The zero-order valence-corrected chi connectivity index (χ0v) is 9.70. The highest BCUT2D eigenvalue weighted by molar-refractivity contribution is 7.92. The van der Waals surface area contributed by atoms with Crippen molar-refractivity contribution >= 4 is 9.84 Å². The van der Waals surface area contributed by atoms with Crippen LogP contribution >= 0.6 is 0 Å². The Bertz CT molecular complexity index is 464. The van der Waals surface area contributed by atoms with Crippen molar-refractivity contribution in [3.8, 4) is 5.75 Å². The molecule has 0 amide bonds. The summed E-state index contributed by atoms with van der Waals surface area (Å²) in [6.07, 6.45) is 1.52. The molecule has 88 valence electrons. The van der Waals surface area contributed by atoms with E-state index in [1.807, 2.05) is 0 Å². The van der Waals surface area contributed by atoms with Gasteiger partial charge in [-0.3, -0.25) is 0 Å². The molecule has 1 fully saturated rings. The lowest BCUT2D eigenvalue weighted by atomic mass is 10.2. The second-order valence-corrected chi connectivity index (χ2v) is 6.18. The van der Waals surface area contributed by atoms with Crippen molar-refractivity contribution in [3.63, 3.8) is 0 Å². The van der Waals surface area contributed by atoms with Gasteiger partial charge in [-0.05, 0) is 31.5 Å². The normalized spacial score (nSPS) is 21.9. The third-order valence-electron chi connectivity index (χ3n) is 2.86. The van der Waals surface area contributed by atoms with Crippen LogP contribution in [0.25, 0.3) is 0 Å². The Kier molecular flexibility index (Phi) is 3.16. The second kappa shape index (κ2) is 4.43. The fourth-order valence-electron chi connectivity index (χ4n) is 1.96. The van der Waals surface area contributed by atoms with Gasteiger partial charge >= 0.3 is 0 Å². The van der Waals surface area contributed by atoms with E-state index in [9.17, 15) is 13.5 Å². The number of phenols is 1. The fraction of sp³-hybridized carbons (Fsp3) is 0.455. The zero-order valence-electron chi connectivity index (χ0n) is 8.89. The molecule has 1 heterocycles. The number of benzene rings is 1. The van der Waals surface area contributed by atoms with E-state index in [1.165, 1.54) is 12.1 Å². The first-order valence-corrected chi connectivity index (χ1v) is 6.89. The monoisotopic (exact) mass is 241 g/mol. The highest BCUT2D eigenvalue weighted by Gasteiger charge is 2.30. The lowest BCUT2D eigenvalue weighted by molar-refractivity contribution is 0.454. The minimum atomic E-state index is -3.41. The number of hydrogen-bond donors (Lipinski definition) is 2. The molecule has 4 nitrogen and oxygen atoms in total. The minimum absolute atomic E-state index is 0.0451. The molecule has 2 rings (SSSR count). The van der Waals surface area contributed by atoms with Gasteiger partial charge in [0.15, 0.2) is 9.84 Å². The Morgan fingerprint density at radius 3 is 2.69 bits per heavy atom. The van der Waals surface area contributed by atoms with E-state index < -0.39 is 15.1 Å². The van der Waals surface area contributed by atoms with E-state index in [0.717, 1.165) is 13.0 Å². The Morgan fingerprint density at radius 1 is 1.31 bits per heavy atom. The molecular formula is C11H15NO3S. The summed E-state index contributed by atoms with van der Waals surface area (Å²) in [5, 5.41) is 12.2.